The highest BCUT2D eigenvalue weighted by atomic mass is 19.1. The molecule has 1 aliphatic heterocycles. The van der Waals surface area contributed by atoms with E-state index >= 15 is 0 Å². The number of halogens is 2. The second kappa shape index (κ2) is 5.97. The number of benzene rings is 1. The Morgan fingerprint density at radius 2 is 2.00 bits per heavy atom. The van der Waals surface area contributed by atoms with Crippen LogP contribution in [-0.4, -0.2) is 25.5 Å². The van der Waals surface area contributed by atoms with Gasteiger partial charge in [0.2, 0.25) is 0 Å². The minimum absolute atomic E-state index is 0.119. The van der Waals surface area contributed by atoms with E-state index in [0.29, 0.717) is 18.5 Å². The van der Waals surface area contributed by atoms with Crippen molar-refractivity contribution in [3.63, 3.8) is 0 Å². The van der Waals surface area contributed by atoms with Crippen LogP contribution in [0.2, 0.25) is 0 Å². The number of nitrogens with two attached hydrogens (primary N) is 1. The summed E-state index contributed by atoms with van der Waals surface area (Å²) in [5.74, 6) is -2.10. The molecule has 1 aromatic rings. The molecule has 1 saturated heterocycles. The van der Waals surface area contributed by atoms with Crippen LogP contribution in [0.1, 0.15) is 23.2 Å². The highest BCUT2D eigenvalue weighted by Crippen LogP contribution is 2.21. The Morgan fingerprint density at radius 1 is 1.32 bits per heavy atom. The zero-order chi connectivity index (χ0) is 13.8. The van der Waals surface area contributed by atoms with Gasteiger partial charge in [0, 0.05) is 12.6 Å². The highest BCUT2D eigenvalue weighted by Gasteiger charge is 2.16. The Labute approximate surface area is 110 Å². The van der Waals surface area contributed by atoms with E-state index in [2.05, 4.69) is 10.6 Å². The Balaban J connectivity index is 2.06. The van der Waals surface area contributed by atoms with Crippen molar-refractivity contribution in [2.75, 3.05) is 25.0 Å². The summed E-state index contributed by atoms with van der Waals surface area (Å²) in [6.07, 6.45) is 2.02. The summed E-state index contributed by atoms with van der Waals surface area (Å²) in [6.45, 7) is 2.50. The Hall–Kier alpha value is -1.69. The van der Waals surface area contributed by atoms with E-state index in [-0.39, 0.29) is 11.3 Å². The molecule has 1 amide bonds. The zero-order valence-electron chi connectivity index (χ0n) is 10.5. The number of anilines is 1. The number of amides is 1. The molecule has 0 saturated carbocycles. The summed E-state index contributed by atoms with van der Waals surface area (Å²) in [5.41, 5.74) is 4.86. The molecule has 4 nitrogen and oxygen atoms in total. The molecule has 104 valence electrons. The van der Waals surface area contributed by atoms with Crippen LogP contribution in [-0.2, 0) is 0 Å². The number of hydrogen-bond donors (Lipinski definition) is 3. The molecular formula is C13H17F2N3O. The lowest BCUT2D eigenvalue weighted by atomic mass is 9.98. The van der Waals surface area contributed by atoms with Crippen LogP contribution in [0.25, 0.3) is 0 Å². The molecule has 0 unspecified atom stereocenters. The maximum absolute atomic E-state index is 13.6. The maximum atomic E-state index is 13.6. The molecule has 2 rings (SSSR count). The molecule has 0 atom stereocenters. The minimum Gasteiger partial charge on any atom is -0.382 e. The number of primary amides is 1. The van der Waals surface area contributed by atoms with Crippen molar-refractivity contribution in [2.45, 2.75) is 12.8 Å². The minimum atomic E-state index is -0.933. The number of piperidine rings is 1. The predicted octanol–water partition coefficient (Wildman–Crippen LogP) is 1.48. The first-order chi connectivity index (χ1) is 9.08. The molecule has 1 aliphatic rings. The van der Waals surface area contributed by atoms with Gasteiger partial charge in [-0.15, -0.1) is 0 Å². The largest absolute Gasteiger partial charge is 0.382 e. The van der Waals surface area contributed by atoms with Gasteiger partial charge in [0.25, 0.3) is 5.91 Å². The molecule has 4 N–H and O–H groups in total. The third-order valence-corrected chi connectivity index (χ3v) is 3.36. The second-order valence-corrected chi connectivity index (χ2v) is 4.75. The number of nitrogens with one attached hydrogen (secondary N) is 2. The van der Waals surface area contributed by atoms with Gasteiger partial charge in [-0.3, -0.25) is 4.79 Å². The van der Waals surface area contributed by atoms with Crippen LogP contribution >= 0.6 is 0 Å². The standard InChI is InChI=1S/C13H17F2N3O/c14-10-6-11(15)12(5-9(10)13(16)19)18-7-8-1-3-17-4-2-8/h5-6,8,17-18H,1-4,7H2,(H2,16,19). The van der Waals surface area contributed by atoms with Crippen LogP contribution in [0.4, 0.5) is 14.5 Å². The first kappa shape index (κ1) is 13.7. The number of carbonyl (C=O) groups is 1. The van der Waals surface area contributed by atoms with E-state index in [1.807, 2.05) is 0 Å². The smallest absolute Gasteiger partial charge is 0.251 e. The number of rotatable bonds is 4. The second-order valence-electron chi connectivity index (χ2n) is 4.75. The van der Waals surface area contributed by atoms with Gasteiger partial charge >= 0.3 is 0 Å². The van der Waals surface area contributed by atoms with Crippen LogP contribution in [0, 0.1) is 17.6 Å². The van der Waals surface area contributed by atoms with E-state index in [1.165, 1.54) is 0 Å². The molecule has 0 bridgehead atoms. The summed E-state index contributed by atoms with van der Waals surface area (Å²) in [6, 6.07) is 1.82. The quantitative estimate of drug-likeness (QED) is 0.775. The van der Waals surface area contributed by atoms with E-state index in [0.717, 1.165) is 32.0 Å². The van der Waals surface area contributed by atoms with Crippen LogP contribution < -0.4 is 16.4 Å². The van der Waals surface area contributed by atoms with Crippen molar-refractivity contribution in [1.82, 2.24) is 5.32 Å². The van der Waals surface area contributed by atoms with Crippen LogP contribution in [0.3, 0.4) is 0 Å². The SMILES string of the molecule is NC(=O)c1cc(NCC2CCNCC2)c(F)cc1F. The lowest BCUT2D eigenvalue weighted by molar-refractivity contribution is 0.0996. The molecule has 0 radical (unpaired) electrons. The zero-order valence-corrected chi connectivity index (χ0v) is 10.5. The molecular weight excluding hydrogens is 252 g/mol. The molecule has 1 fully saturated rings. The third-order valence-electron chi connectivity index (χ3n) is 3.36. The maximum Gasteiger partial charge on any atom is 0.251 e. The summed E-state index contributed by atoms with van der Waals surface area (Å²) in [5, 5.41) is 6.17. The lowest BCUT2D eigenvalue weighted by Crippen LogP contribution is -2.31. The van der Waals surface area contributed by atoms with Gasteiger partial charge in [0.05, 0.1) is 11.3 Å². The average Bonchev–Trinajstić information content (AvgIpc) is 2.38. The predicted molar refractivity (Wildman–Crippen MR) is 69.0 cm³/mol. The molecule has 19 heavy (non-hydrogen) atoms. The topological polar surface area (TPSA) is 67.2 Å². The fraction of sp³-hybridized carbons (Fsp3) is 0.462. The van der Waals surface area contributed by atoms with Crippen LogP contribution in [0.15, 0.2) is 12.1 Å². The van der Waals surface area contributed by atoms with Crippen molar-refractivity contribution in [2.24, 2.45) is 11.7 Å². The van der Waals surface area contributed by atoms with E-state index in [1.54, 1.807) is 0 Å². The summed E-state index contributed by atoms with van der Waals surface area (Å²) >= 11 is 0. The molecule has 0 aliphatic carbocycles. The fourth-order valence-electron chi connectivity index (χ4n) is 2.21. The summed E-state index contributed by atoms with van der Waals surface area (Å²) in [4.78, 5) is 11.0. The molecule has 1 heterocycles. The molecule has 0 spiro atoms. The molecule has 6 heteroatoms. The van der Waals surface area contributed by atoms with Gasteiger partial charge in [-0.05, 0) is 37.9 Å². The first-order valence-electron chi connectivity index (χ1n) is 6.31. The summed E-state index contributed by atoms with van der Waals surface area (Å²) in [7, 11) is 0. The molecule has 1 aromatic carbocycles. The lowest BCUT2D eigenvalue weighted by Gasteiger charge is -2.23. The van der Waals surface area contributed by atoms with Gasteiger partial charge in [0.1, 0.15) is 11.6 Å². The fourth-order valence-corrected chi connectivity index (χ4v) is 2.21. The van der Waals surface area contributed by atoms with Crippen molar-refractivity contribution >= 4 is 11.6 Å². The Kier molecular flexibility index (Phi) is 4.31. The average molecular weight is 269 g/mol. The van der Waals surface area contributed by atoms with E-state index < -0.39 is 17.5 Å². The van der Waals surface area contributed by atoms with Crippen molar-refractivity contribution < 1.29 is 13.6 Å². The first-order valence-corrected chi connectivity index (χ1v) is 6.31. The summed E-state index contributed by atoms with van der Waals surface area (Å²) < 4.78 is 26.9. The van der Waals surface area contributed by atoms with Crippen molar-refractivity contribution in [1.29, 1.82) is 0 Å². The third kappa shape index (κ3) is 3.41. The van der Waals surface area contributed by atoms with Crippen molar-refractivity contribution in [3.8, 4) is 0 Å². The van der Waals surface area contributed by atoms with Gasteiger partial charge in [-0.25, -0.2) is 8.78 Å². The van der Waals surface area contributed by atoms with Crippen LogP contribution in [0.5, 0.6) is 0 Å². The Morgan fingerprint density at radius 3 is 2.63 bits per heavy atom. The molecule has 0 aromatic heterocycles. The van der Waals surface area contributed by atoms with Crippen molar-refractivity contribution in [3.05, 3.63) is 29.3 Å². The van der Waals surface area contributed by atoms with Gasteiger partial charge in [-0.2, -0.15) is 0 Å². The van der Waals surface area contributed by atoms with Gasteiger partial charge in [0.15, 0.2) is 0 Å². The monoisotopic (exact) mass is 269 g/mol. The Bertz CT molecular complexity index is 473. The van der Waals surface area contributed by atoms with E-state index in [4.69, 9.17) is 5.73 Å². The normalized spacial score (nSPS) is 16.3. The van der Waals surface area contributed by atoms with E-state index in [9.17, 15) is 13.6 Å². The van der Waals surface area contributed by atoms with Gasteiger partial charge in [-0.1, -0.05) is 0 Å². The number of carbonyl (C=O) groups excluding carboxylic acids is 1. The highest BCUT2D eigenvalue weighted by molar-refractivity contribution is 5.94. The number of hydrogen-bond acceptors (Lipinski definition) is 3. The van der Waals surface area contributed by atoms with Gasteiger partial charge < -0.3 is 16.4 Å².